The van der Waals surface area contributed by atoms with Crippen LogP contribution < -0.4 is 0 Å². The van der Waals surface area contributed by atoms with E-state index in [2.05, 4.69) is 221 Å². The molecule has 0 aliphatic rings. The molecule has 5 heteroatoms. The van der Waals surface area contributed by atoms with Crippen LogP contribution in [0.2, 0.25) is 0 Å². The molecule has 3 aromatic heterocycles. The van der Waals surface area contributed by atoms with Crippen LogP contribution in [0.15, 0.2) is 212 Å². The number of rotatable bonds is 5. The van der Waals surface area contributed by atoms with Crippen molar-refractivity contribution in [1.29, 1.82) is 0 Å². The van der Waals surface area contributed by atoms with Gasteiger partial charge in [0.2, 0.25) is 0 Å². The van der Waals surface area contributed by atoms with E-state index in [1.54, 1.807) is 0 Å². The minimum absolute atomic E-state index is 0.618. The first-order valence-corrected chi connectivity index (χ1v) is 21.0. The summed E-state index contributed by atoms with van der Waals surface area (Å²) in [6.07, 6.45) is 0. The lowest BCUT2D eigenvalue weighted by Gasteiger charge is -2.15. The van der Waals surface area contributed by atoms with Gasteiger partial charge < -0.3 is 9.13 Å². The highest BCUT2D eigenvalue weighted by atomic mass is 15.0. The molecule has 0 atom stereocenters. The van der Waals surface area contributed by atoms with Crippen molar-refractivity contribution in [1.82, 2.24) is 24.1 Å². The first kappa shape index (κ1) is 34.5. The molecule has 0 unspecified atom stereocenters. The van der Waals surface area contributed by atoms with Crippen molar-refractivity contribution in [3.05, 3.63) is 212 Å². The zero-order valence-corrected chi connectivity index (χ0v) is 33.4. The topological polar surface area (TPSA) is 48.5 Å². The van der Waals surface area contributed by atoms with Gasteiger partial charge in [-0.15, -0.1) is 0 Å². The molecule has 0 fully saturated rings. The third-order valence-electron chi connectivity index (χ3n) is 12.5. The molecule has 5 nitrogen and oxygen atoms in total. The number of hydrogen-bond donors (Lipinski definition) is 0. The molecule has 0 saturated carbocycles. The van der Waals surface area contributed by atoms with Gasteiger partial charge in [-0.25, -0.2) is 15.0 Å². The monoisotopic (exact) mass is 789 g/mol. The smallest absolute Gasteiger partial charge is 0.164 e. The van der Waals surface area contributed by atoms with Crippen molar-refractivity contribution >= 4 is 75.9 Å². The molecule has 0 aliphatic heterocycles. The van der Waals surface area contributed by atoms with Crippen LogP contribution in [-0.2, 0) is 0 Å². The van der Waals surface area contributed by atoms with Crippen LogP contribution in [-0.4, -0.2) is 24.1 Å². The summed E-state index contributed by atoms with van der Waals surface area (Å²) < 4.78 is 4.76. The second-order valence-corrected chi connectivity index (χ2v) is 16.0. The molecular weight excluding hydrogens is 755 g/mol. The molecule has 10 aromatic carbocycles. The molecule has 0 saturated heterocycles. The summed E-state index contributed by atoms with van der Waals surface area (Å²) in [4.78, 5) is 16.0. The summed E-state index contributed by atoms with van der Waals surface area (Å²) in [6, 6.07) is 75.7. The third kappa shape index (κ3) is 5.25. The average molecular weight is 790 g/mol. The molecule has 0 amide bonds. The fraction of sp³-hybridized carbons (Fsp3) is 0. The first-order chi connectivity index (χ1) is 30.7. The highest BCUT2D eigenvalue weighted by molar-refractivity contribution is 6.15. The first-order valence-electron chi connectivity index (χ1n) is 21.0. The molecule has 13 aromatic rings. The Balaban J connectivity index is 1.06. The van der Waals surface area contributed by atoms with Gasteiger partial charge in [-0.05, 0) is 81.5 Å². The molecule has 0 radical (unpaired) electrons. The van der Waals surface area contributed by atoms with Crippen LogP contribution in [0, 0.1) is 0 Å². The second-order valence-electron chi connectivity index (χ2n) is 16.0. The molecule has 3 heterocycles. The quantitative estimate of drug-likeness (QED) is 0.174. The van der Waals surface area contributed by atoms with Gasteiger partial charge in [-0.2, -0.15) is 0 Å². The maximum Gasteiger partial charge on any atom is 0.164 e. The lowest BCUT2D eigenvalue weighted by Crippen LogP contribution is -2.02. The van der Waals surface area contributed by atoms with Crippen molar-refractivity contribution < 1.29 is 0 Å². The molecule has 0 aliphatic carbocycles. The normalized spacial score (nSPS) is 11.9. The average Bonchev–Trinajstić information content (AvgIpc) is 3.84. The second kappa shape index (κ2) is 13.6. The molecule has 13 rings (SSSR count). The van der Waals surface area contributed by atoms with E-state index in [0.29, 0.717) is 17.5 Å². The number of aromatic nitrogens is 5. The SMILES string of the molecule is c1ccc(-n2c3ccccc3c3ccc(-c4nc(-c5cccc6ccccc56)nc(-c5ccc(-n6c7ccccc7c7cc8ccccc8cc76)c6ccccc56)n4)cc32)cc1. The fourth-order valence-electron chi connectivity index (χ4n) is 9.72. The zero-order chi connectivity index (χ0) is 40.7. The van der Waals surface area contributed by atoms with Gasteiger partial charge in [-0.1, -0.05) is 158 Å². The Hall–Kier alpha value is -8.41. The Bertz CT molecular complexity index is 3930. The van der Waals surface area contributed by atoms with Gasteiger partial charge in [0.05, 0.1) is 27.8 Å². The van der Waals surface area contributed by atoms with E-state index >= 15 is 0 Å². The van der Waals surface area contributed by atoms with Crippen LogP contribution in [0.4, 0.5) is 0 Å². The number of benzene rings is 10. The molecule has 62 heavy (non-hydrogen) atoms. The number of para-hydroxylation sites is 3. The number of nitrogens with zero attached hydrogens (tertiary/aromatic N) is 5. The zero-order valence-electron chi connectivity index (χ0n) is 33.4. The van der Waals surface area contributed by atoms with Crippen molar-refractivity contribution in [2.45, 2.75) is 0 Å². The Morgan fingerprint density at radius 2 is 0.806 bits per heavy atom. The van der Waals surface area contributed by atoms with Crippen molar-refractivity contribution in [2.24, 2.45) is 0 Å². The largest absolute Gasteiger partial charge is 0.309 e. The van der Waals surface area contributed by atoms with Gasteiger partial charge in [0.15, 0.2) is 17.5 Å². The van der Waals surface area contributed by atoms with Crippen LogP contribution in [0.25, 0.3) is 121 Å². The summed E-state index contributed by atoms with van der Waals surface area (Å²) in [7, 11) is 0. The van der Waals surface area contributed by atoms with Gasteiger partial charge >= 0.3 is 0 Å². The van der Waals surface area contributed by atoms with E-state index in [1.807, 2.05) is 0 Å². The Labute approximate surface area is 356 Å². The van der Waals surface area contributed by atoms with Crippen LogP contribution in [0.3, 0.4) is 0 Å². The van der Waals surface area contributed by atoms with Gasteiger partial charge in [0.25, 0.3) is 0 Å². The highest BCUT2D eigenvalue weighted by Crippen LogP contribution is 2.40. The maximum absolute atomic E-state index is 5.38. The number of hydrogen-bond acceptors (Lipinski definition) is 3. The Morgan fingerprint density at radius 3 is 1.58 bits per heavy atom. The van der Waals surface area contributed by atoms with Crippen LogP contribution >= 0.6 is 0 Å². The summed E-state index contributed by atoms with van der Waals surface area (Å²) in [5.74, 6) is 1.87. The van der Waals surface area contributed by atoms with Crippen LogP contribution in [0.5, 0.6) is 0 Å². The molecule has 0 N–H and O–H groups in total. The van der Waals surface area contributed by atoms with Crippen molar-refractivity contribution in [3.63, 3.8) is 0 Å². The minimum Gasteiger partial charge on any atom is -0.309 e. The van der Waals surface area contributed by atoms with E-state index in [9.17, 15) is 0 Å². The lowest BCUT2D eigenvalue weighted by molar-refractivity contribution is 1.08. The summed E-state index contributed by atoms with van der Waals surface area (Å²) in [5, 5.41) is 11.7. The van der Waals surface area contributed by atoms with E-state index in [4.69, 9.17) is 15.0 Å². The minimum atomic E-state index is 0.618. The van der Waals surface area contributed by atoms with E-state index in [0.717, 1.165) is 60.6 Å². The Morgan fingerprint density at radius 1 is 0.274 bits per heavy atom. The van der Waals surface area contributed by atoms with Crippen molar-refractivity contribution in [3.8, 4) is 45.5 Å². The summed E-state index contributed by atoms with van der Waals surface area (Å²) >= 11 is 0. The standard InChI is InChI=1S/C57H35N5/c1-2-19-40(20-3-1)61-50-27-12-10-24-44(50)46-30-29-39(35-53(46)61)55-58-56(47-26-14-18-36-15-6-7-21-41(36)47)60-57(59-55)48-31-32-52(43-23-9-8-22-42(43)48)62-51-28-13-11-25-45(51)49-33-37-16-4-5-17-38(37)34-54(49)62/h1-35H. The predicted octanol–water partition coefficient (Wildman–Crippen LogP) is 14.5. The van der Waals surface area contributed by atoms with Crippen LogP contribution in [0.1, 0.15) is 0 Å². The highest BCUT2D eigenvalue weighted by Gasteiger charge is 2.21. The van der Waals surface area contributed by atoms with Gasteiger partial charge in [0, 0.05) is 49.3 Å². The van der Waals surface area contributed by atoms with E-state index in [-0.39, 0.29) is 0 Å². The molecule has 288 valence electrons. The predicted molar refractivity (Wildman–Crippen MR) is 257 cm³/mol. The van der Waals surface area contributed by atoms with E-state index < -0.39 is 0 Å². The maximum atomic E-state index is 5.38. The third-order valence-corrected chi connectivity index (χ3v) is 12.5. The van der Waals surface area contributed by atoms with Gasteiger partial charge in [-0.3, -0.25) is 0 Å². The van der Waals surface area contributed by atoms with Gasteiger partial charge in [0.1, 0.15) is 0 Å². The molecule has 0 bridgehead atoms. The molecular formula is C57H35N5. The fourth-order valence-corrected chi connectivity index (χ4v) is 9.72. The molecule has 0 spiro atoms. The number of fused-ring (bicyclic) bond motifs is 9. The Kier molecular flexibility index (Phi) is 7.54. The summed E-state index contributed by atoms with van der Waals surface area (Å²) in [5.41, 5.74) is 9.62. The van der Waals surface area contributed by atoms with Crippen molar-refractivity contribution in [2.75, 3.05) is 0 Å². The lowest BCUT2D eigenvalue weighted by atomic mass is 10.0. The summed E-state index contributed by atoms with van der Waals surface area (Å²) in [6.45, 7) is 0. The van der Waals surface area contributed by atoms with E-state index in [1.165, 1.54) is 43.4 Å².